The van der Waals surface area contributed by atoms with Crippen molar-refractivity contribution in [3.8, 4) is 0 Å². The molecule has 0 bridgehead atoms. The minimum absolute atomic E-state index is 0.00427. The zero-order valence-electron chi connectivity index (χ0n) is 13.7. The zero-order valence-corrected chi connectivity index (χ0v) is 13.7. The van der Waals surface area contributed by atoms with Gasteiger partial charge in [0.15, 0.2) is 0 Å². The SMILES string of the molecule is CC(C)N1C(=O)N[C@@H]2CN(C(=O)c3cc[nH]c3C3CC3)CC[C@@H]21. The summed E-state index contributed by atoms with van der Waals surface area (Å²) in [5.41, 5.74) is 1.91. The summed E-state index contributed by atoms with van der Waals surface area (Å²) in [5.74, 6) is 0.632. The molecular formula is C17H24N4O2. The van der Waals surface area contributed by atoms with Crippen molar-refractivity contribution in [2.75, 3.05) is 13.1 Å². The third-order valence-corrected chi connectivity index (χ3v) is 5.32. The molecule has 0 aromatic carbocycles. The van der Waals surface area contributed by atoms with Gasteiger partial charge in [-0.2, -0.15) is 0 Å². The molecule has 124 valence electrons. The van der Waals surface area contributed by atoms with E-state index < -0.39 is 0 Å². The van der Waals surface area contributed by atoms with Gasteiger partial charge in [-0.1, -0.05) is 0 Å². The van der Waals surface area contributed by atoms with Crippen molar-refractivity contribution >= 4 is 11.9 Å². The molecule has 6 nitrogen and oxygen atoms in total. The van der Waals surface area contributed by atoms with Crippen LogP contribution >= 0.6 is 0 Å². The van der Waals surface area contributed by atoms with Gasteiger partial charge in [0.1, 0.15) is 0 Å². The summed E-state index contributed by atoms with van der Waals surface area (Å²) in [6.07, 6.45) is 5.05. The van der Waals surface area contributed by atoms with Crippen LogP contribution in [0.3, 0.4) is 0 Å². The van der Waals surface area contributed by atoms with E-state index in [9.17, 15) is 9.59 Å². The Morgan fingerprint density at radius 3 is 2.78 bits per heavy atom. The number of piperidine rings is 1. The third-order valence-electron chi connectivity index (χ3n) is 5.32. The molecule has 3 heterocycles. The largest absolute Gasteiger partial charge is 0.364 e. The summed E-state index contributed by atoms with van der Waals surface area (Å²) in [6, 6.07) is 2.35. The Hall–Kier alpha value is -1.98. The maximum atomic E-state index is 12.9. The summed E-state index contributed by atoms with van der Waals surface area (Å²) in [6.45, 7) is 5.41. The number of urea groups is 1. The molecular weight excluding hydrogens is 292 g/mol. The van der Waals surface area contributed by atoms with Crippen LogP contribution in [-0.2, 0) is 0 Å². The second-order valence-electron chi connectivity index (χ2n) is 7.24. The van der Waals surface area contributed by atoms with Gasteiger partial charge in [0.25, 0.3) is 5.91 Å². The Bertz CT molecular complexity index is 634. The predicted octanol–water partition coefficient (Wildman–Crippen LogP) is 1.91. The molecule has 1 saturated carbocycles. The van der Waals surface area contributed by atoms with Crippen LogP contribution in [0, 0.1) is 0 Å². The molecule has 2 aliphatic heterocycles. The summed E-state index contributed by atoms with van der Waals surface area (Å²) >= 11 is 0. The second kappa shape index (κ2) is 5.28. The van der Waals surface area contributed by atoms with E-state index in [1.165, 1.54) is 12.8 Å². The Labute approximate surface area is 136 Å². The molecule has 4 rings (SSSR count). The highest BCUT2D eigenvalue weighted by molar-refractivity contribution is 5.96. The highest BCUT2D eigenvalue weighted by atomic mass is 16.2. The van der Waals surface area contributed by atoms with Gasteiger partial charge >= 0.3 is 6.03 Å². The first-order valence-electron chi connectivity index (χ1n) is 8.61. The van der Waals surface area contributed by atoms with Crippen LogP contribution in [0.15, 0.2) is 12.3 Å². The summed E-state index contributed by atoms with van der Waals surface area (Å²) < 4.78 is 0. The van der Waals surface area contributed by atoms with Gasteiger partial charge in [-0.15, -0.1) is 0 Å². The average Bonchev–Trinajstić information content (AvgIpc) is 3.14. The molecule has 6 heteroatoms. The molecule has 3 fully saturated rings. The standard InChI is InChI=1S/C17H24N4O2/c1-10(2)21-14-6-8-20(9-13(14)19-17(21)23)16(22)12-5-7-18-15(12)11-3-4-11/h5,7,10-11,13-14,18H,3-4,6,8-9H2,1-2H3,(H,19,23)/t13-,14+/m1/s1. The molecule has 2 N–H and O–H groups in total. The van der Waals surface area contributed by atoms with E-state index in [0.29, 0.717) is 19.0 Å². The van der Waals surface area contributed by atoms with E-state index in [2.05, 4.69) is 10.3 Å². The predicted molar refractivity (Wildman–Crippen MR) is 86.4 cm³/mol. The van der Waals surface area contributed by atoms with Gasteiger partial charge in [0.2, 0.25) is 0 Å². The molecule has 0 radical (unpaired) electrons. The number of amides is 3. The Morgan fingerprint density at radius 1 is 1.30 bits per heavy atom. The number of likely N-dealkylation sites (tertiary alicyclic amines) is 1. The highest BCUT2D eigenvalue weighted by Crippen LogP contribution is 2.41. The normalized spacial score (nSPS) is 27.3. The van der Waals surface area contributed by atoms with Crippen LogP contribution < -0.4 is 5.32 Å². The number of rotatable bonds is 3. The van der Waals surface area contributed by atoms with Crippen molar-refractivity contribution in [1.29, 1.82) is 0 Å². The molecule has 0 spiro atoms. The summed E-state index contributed by atoms with van der Waals surface area (Å²) in [7, 11) is 0. The van der Waals surface area contributed by atoms with Crippen LogP contribution in [-0.4, -0.2) is 57.9 Å². The second-order valence-corrected chi connectivity index (χ2v) is 7.24. The molecule has 0 unspecified atom stereocenters. The number of nitrogens with one attached hydrogen (secondary N) is 2. The summed E-state index contributed by atoms with van der Waals surface area (Å²) in [5, 5.41) is 3.05. The first-order valence-corrected chi connectivity index (χ1v) is 8.61. The van der Waals surface area contributed by atoms with Gasteiger partial charge in [0.05, 0.1) is 17.6 Å². The van der Waals surface area contributed by atoms with Crippen molar-refractivity contribution in [2.45, 2.75) is 57.2 Å². The number of carbonyl (C=O) groups excluding carboxylic acids is 2. The molecule has 1 aromatic rings. The first-order chi connectivity index (χ1) is 11.1. The maximum Gasteiger partial charge on any atom is 0.318 e. The lowest BCUT2D eigenvalue weighted by molar-refractivity contribution is 0.0644. The molecule has 2 saturated heterocycles. The monoisotopic (exact) mass is 316 g/mol. The topological polar surface area (TPSA) is 68.4 Å². The number of aromatic nitrogens is 1. The van der Waals surface area contributed by atoms with Crippen molar-refractivity contribution in [3.05, 3.63) is 23.5 Å². The lowest BCUT2D eigenvalue weighted by Crippen LogP contribution is -2.53. The Kier molecular flexibility index (Phi) is 3.36. The van der Waals surface area contributed by atoms with Crippen LogP contribution in [0.1, 0.15) is 55.1 Å². The van der Waals surface area contributed by atoms with E-state index >= 15 is 0 Å². The van der Waals surface area contributed by atoms with Crippen molar-refractivity contribution in [3.63, 3.8) is 0 Å². The lowest BCUT2D eigenvalue weighted by atomic mass is 9.98. The molecule has 3 amide bonds. The summed E-state index contributed by atoms with van der Waals surface area (Å²) in [4.78, 5) is 32.1. The highest BCUT2D eigenvalue weighted by Gasteiger charge is 2.44. The third kappa shape index (κ3) is 2.40. The van der Waals surface area contributed by atoms with Gasteiger partial charge in [-0.05, 0) is 45.1 Å². The van der Waals surface area contributed by atoms with Crippen LogP contribution in [0.5, 0.6) is 0 Å². The Balaban J connectivity index is 1.49. The number of hydrogen-bond acceptors (Lipinski definition) is 2. The lowest BCUT2D eigenvalue weighted by Gasteiger charge is -2.38. The van der Waals surface area contributed by atoms with E-state index in [4.69, 9.17) is 0 Å². The average molecular weight is 316 g/mol. The number of H-pyrrole nitrogens is 1. The van der Waals surface area contributed by atoms with Crippen molar-refractivity contribution in [2.24, 2.45) is 0 Å². The fourth-order valence-electron chi connectivity index (χ4n) is 4.05. The maximum absolute atomic E-state index is 12.9. The Morgan fingerprint density at radius 2 is 2.09 bits per heavy atom. The smallest absolute Gasteiger partial charge is 0.318 e. The number of carbonyl (C=O) groups is 2. The minimum Gasteiger partial charge on any atom is -0.364 e. The van der Waals surface area contributed by atoms with Crippen molar-refractivity contribution in [1.82, 2.24) is 20.1 Å². The zero-order chi connectivity index (χ0) is 16.1. The first kappa shape index (κ1) is 14.6. The van der Waals surface area contributed by atoms with Gasteiger partial charge in [0, 0.05) is 31.0 Å². The fraction of sp³-hybridized carbons (Fsp3) is 0.647. The molecule has 2 atom stereocenters. The van der Waals surface area contributed by atoms with Crippen LogP contribution in [0.4, 0.5) is 4.79 Å². The number of fused-ring (bicyclic) bond motifs is 1. The quantitative estimate of drug-likeness (QED) is 0.894. The van der Waals surface area contributed by atoms with E-state index in [1.54, 1.807) is 0 Å². The fourth-order valence-corrected chi connectivity index (χ4v) is 4.05. The van der Waals surface area contributed by atoms with Gasteiger partial charge in [-0.25, -0.2) is 4.79 Å². The van der Waals surface area contributed by atoms with E-state index in [0.717, 1.165) is 17.7 Å². The molecule has 1 aliphatic carbocycles. The van der Waals surface area contributed by atoms with Crippen molar-refractivity contribution < 1.29 is 9.59 Å². The molecule has 1 aromatic heterocycles. The van der Waals surface area contributed by atoms with Crippen LogP contribution in [0.25, 0.3) is 0 Å². The number of aromatic amines is 1. The minimum atomic E-state index is 0.00427. The van der Waals surface area contributed by atoms with Gasteiger partial charge < -0.3 is 20.1 Å². The van der Waals surface area contributed by atoms with E-state index in [-0.39, 0.29) is 30.1 Å². The van der Waals surface area contributed by atoms with Gasteiger partial charge in [-0.3, -0.25) is 4.79 Å². The molecule has 23 heavy (non-hydrogen) atoms. The van der Waals surface area contributed by atoms with Crippen LogP contribution in [0.2, 0.25) is 0 Å². The number of hydrogen-bond donors (Lipinski definition) is 2. The number of nitrogens with zero attached hydrogens (tertiary/aromatic N) is 2. The molecule has 3 aliphatic rings. The van der Waals surface area contributed by atoms with E-state index in [1.807, 2.05) is 35.9 Å².